The summed E-state index contributed by atoms with van der Waals surface area (Å²) < 4.78 is 28.8. The molecule has 2 heterocycles. The maximum Gasteiger partial charge on any atom is 0.251 e. The number of benzene rings is 3. The Bertz CT molecular complexity index is 1470. The first-order valence-electron chi connectivity index (χ1n) is 14.5. The highest BCUT2D eigenvalue weighted by atomic mass is 35.5. The van der Waals surface area contributed by atoms with Crippen LogP contribution in [0.2, 0.25) is 5.02 Å². The van der Waals surface area contributed by atoms with Crippen LogP contribution in [0.25, 0.3) is 0 Å². The summed E-state index contributed by atoms with van der Waals surface area (Å²) in [5.41, 5.74) is 2.46. The number of nitrogens with zero attached hydrogens (tertiary/aromatic N) is 2. The summed E-state index contributed by atoms with van der Waals surface area (Å²) in [5.74, 6) is -0.447. The summed E-state index contributed by atoms with van der Waals surface area (Å²) in [6.45, 7) is 3.18. The van der Waals surface area contributed by atoms with Crippen LogP contribution in [0.5, 0.6) is 0 Å². The number of rotatable bonds is 9. The third kappa shape index (κ3) is 7.58. The zero-order valence-electron chi connectivity index (χ0n) is 23.5. The van der Waals surface area contributed by atoms with E-state index >= 15 is 0 Å². The van der Waals surface area contributed by atoms with Crippen molar-refractivity contribution in [1.29, 1.82) is 0 Å². The van der Waals surface area contributed by atoms with Gasteiger partial charge in [-0.3, -0.25) is 14.5 Å². The van der Waals surface area contributed by atoms with Crippen molar-refractivity contribution in [2.24, 2.45) is 0 Å². The van der Waals surface area contributed by atoms with E-state index < -0.39 is 16.1 Å². The Morgan fingerprint density at radius 3 is 2.40 bits per heavy atom. The minimum atomic E-state index is -4.01. The van der Waals surface area contributed by atoms with E-state index in [2.05, 4.69) is 27.7 Å². The van der Waals surface area contributed by atoms with Gasteiger partial charge in [0, 0.05) is 42.8 Å². The van der Waals surface area contributed by atoms with Crippen LogP contribution in [-0.4, -0.2) is 61.2 Å². The van der Waals surface area contributed by atoms with Gasteiger partial charge in [0.1, 0.15) is 6.04 Å². The molecule has 10 heteroatoms. The molecule has 0 bridgehead atoms. The molecule has 222 valence electrons. The highest BCUT2D eigenvalue weighted by Crippen LogP contribution is 2.26. The van der Waals surface area contributed by atoms with Crippen molar-refractivity contribution < 1.29 is 18.0 Å². The van der Waals surface area contributed by atoms with Crippen molar-refractivity contribution in [2.75, 3.05) is 19.6 Å². The molecule has 0 aromatic heterocycles. The van der Waals surface area contributed by atoms with Crippen molar-refractivity contribution in [3.05, 3.63) is 101 Å². The Morgan fingerprint density at radius 2 is 1.67 bits per heavy atom. The van der Waals surface area contributed by atoms with Gasteiger partial charge in [-0.15, -0.1) is 0 Å². The van der Waals surface area contributed by atoms with E-state index in [1.807, 2.05) is 18.2 Å². The third-order valence-corrected chi connectivity index (χ3v) is 10.0. The fraction of sp³-hybridized carbons (Fsp3) is 0.375. The first kappa shape index (κ1) is 30.2. The van der Waals surface area contributed by atoms with Crippen LogP contribution in [0.15, 0.2) is 83.8 Å². The fourth-order valence-corrected chi connectivity index (χ4v) is 7.40. The molecule has 3 aromatic carbocycles. The van der Waals surface area contributed by atoms with Gasteiger partial charge in [-0.05, 0) is 86.2 Å². The van der Waals surface area contributed by atoms with E-state index in [-0.39, 0.29) is 29.3 Å². The number of sulfonamides is 1. The van der Waals surface area contributed by atoms with Gasteiger partial charge in [0.05, 0.1) is 4.90 Å². The Hall–Kier alpha value is -3.24. The number of nitrogens with one attached hydrogen (secondary N) is 2. The van der Waals surface area contributed by atoms with Gasteiger partial charge in [0.15, 0.2) is 0 Å². The molecule has 3 aromatic rings. The number of carbonyl (C=O) groups is 2. The second kappa shape index (κ2) is 13.8. The van der Waals surface area contributed by atoms with Crippen LogP contribution in [0.1, 0.15) is 53.6 Å². The first-order chi connectivity index (χ1) is 20.3. The molecule has 0 spiro atoms. The van der Waals surface area contributed by atoms with E-state index in [4.69, 9.17) is 11.6 Å². The summed E-state index contributed by atoms with van der Waals surface area (Å²) in [7, 11) is -4.01. The largest absolute Gasteiger partial charge is 0.355 e. The Kier molecular flexibility index (Phi) is 9.95. The molecular weight excluding hydrogens is 572 g/mol. The van der Waals surface area contributed by atoms with Crippen LogP contribution in [0, 0.1) is 0 Å². The molecular formula is C32H37ClN4O4S. The number of halogens is 1. The van der Waals surface area contributed by atoms with Crippen LogP contribution in [-0.2, 0) is 27.9 Å². The molecule has 2 aliphatic heterocycles. The highest BCUT2D eigenvalue weighted by molar-refractivity contribution is 7.89. The maximum atomic E-state index is 13.8. The predicted molar refractivity (Wildman–Crippen MR) is 163 cm³/mol. The van der Waals surface area contributed by atoms with Crippen LogP contribution in [0.4, 0.5) is 0 Å². The lowest BCUT2D eigenvalue weighted by Gasteiger charge is -2.33. The lowest BCUT2D eigenvalue weighted by molar-refractivity contribution is -0.124. The molecule has 2 aliphatic rings. The molecule has 2 amide bonds. The van der Waals surface area contributed by atoms with E-state index in [1.165, 1.54) is 34.1 Å². The molecule has 5 rings (SSSR count). The van der Waals surface area contributed by atoms with Crippen molar-refractivity contribution in [3.8, 4) is 0 Å². The number of hydrogen-bond donors (Lipinski definition) is 2. The lowest BCUT2D eigenvalue weighted by Crippen LogP contribution is -2.48. The second-order valence-corrected chi connectivity index (χ2v) is 13.4. The number of amides is 2. The van der Waals surface area contributed by atoms with Gasteiger partial charge in [-0.2, -0.15) is 4.31 Å². The standard InChI is InChI=1S/C32H37ClN4O4S/c33-27-15-17-29(18-16-27)42(40,41)37(30-10-4-5-19-34-32(30)39)22-25-11-13-26(14-12-25)31(38)35-28-9-6-20-36(23-28)21-24-7-2-1-3-8-24/h1-3,7-8,11-18,28,30H,4-6,9-10,19-23H2,(H,34,39)(H,35,38)/t28?,30-/m1/s1. The van der Waals surface area contributed by atoms with E-state index in [1.54, 1.807) is 24.3 Å². The molecule has 1 unspecified atom stereocenters. The van der Waals surface area contributed by atoms with Crippen LogP contribution < -0.4 is 10.6 Å². The number of likely N-dealkylation sites (tertiary alicyclic amines) is 1. The van der Waals surface area contributed by atoms with E-state index in [0.717, 1.165) is 45.3 Å². The molecule has 2 N–H and O–H groups in total. The summed E-state index contributed by atoms with van der Waals surface area (Å²) >= 11 is 6.00. The third-order valence-electron chi connectivity index (χ3n) is 7.92. The van der Waals surface area contributed by atoms with Gasteiger partial charge in [-0.1, -0.05) is 54.1 Å². The molecule has 2 saturated heterocycles. The Balaban J connectivity index is 1.27. The summed E-state index contributed by atoms with van der Waals surface area (Å²) in [5, 5.41) is 6.45. The van der Waals surface area contributed by atoms with Crippen molar-refractivity contribution in [2.45, 2.75) is 62.2 Å². The summed E-state index contributed by atoms with van der Waals surface area (Å²) in [6, 6.07) is 22.5. The SMILES string of the molecule is O=C(NC1CCCN(Cc2ccccc2)C1)c1ccc(CN([C@@H]2CCCCNC2=O)S(=O)(=O)c2ccc(Cl)cc2)cc1. The van der Waals surface area contributed by atoms with Crippen molar-refractivity contribution >= 4 is 33.4 Å². The lowest BCUT2D eigenvalue weighted by atomic mass is 10.0. The first-order valence-corrected chi connectivity index (χ1v) is 16.3. The number of carbonyl (C=O) groups excluding carboxylic acids is 2. The zero-order valence-corrected chi connectivity index (χ0v) is 25.1. The highest BCUT2D eigenvalue weighted by Gasteiger charge is 2.36. The van der Waals surface area contributed by atoms with Gasteiger partial charge in [-0.25, -0.2) is 8.42 Å². The Morgan fingerprint density at radius 1 is 0.929 bits per heavy atom. The summed E-state index contributed by atoms with van der Waals surface area (Å²) in [6.07, 6.45) is 3.91. The van der Waals surface area contributed by atoms with Gasteiger partial charge >= 0.3 is 0 Å². The smallest absolute Gasteiger partial charge is 0.251 e. The van der Waals surface area contributed by atoms with Gasteiger partial charge < -0.3 is 10.6 Å². The summed E-state index contributed by atoms with van der Waals surface area (Å²) in [4.78, 5) is 28.5. The van der Waals surface area contributed by atoms with E-state index in [9.17, 15) is 18.0 Å². The fourth-order valence-electron chi connectivity index (χ4n) is 5.67. The van der Waals surface area contributed by atoms with Crippen LogP contribution >= 0.6 is 11.6 Å². The van der Waals surface area contributed by atoms with E-state index in [0.29, 0.717) is 29.1 Å². The maximum absolute atomic E-state index is 13.8. The minimum Gasteiger partial charge on any atom is -0.355 e. The zero-order chi connectivity index (χ0) is 29.5. The predicted octanol–water partition coefficient (Wildman–Crippen LogP) is 4.59. The van der Waals surface area contributed by atoms with Crippen LogP contribution in [0.3, 0.4) is 0 Å². The number of piperidine rings is 1. The molecule has 2 fully saturated rings. The molecule has 0 aliphatic carbocycles. The molecule has 0 saturated carbocycles. The average Bonchev–Trinajstić information content (AvgIpc) is 3.21. The Labute approximate surface area is 253 Å². The number of hydrogen-bond acceptors (Lipinski definition) is 5. The van der Waals surface area contributed by atoms with Crippen molar-refractivity contribution in [3.63, 3.8) is 0 Å². The normalized spacial score (nSPS) is 20.1. The second-order valence-electron chi connectivity index (χ2n) is 11.0. The quantitative estimate of drug-likeness (QED) is 0.370. The molecule has 0 radical (unpaired) electrons. The van der Waals surface area contributed by atoms with Gasteiger partial charge in [0.2, 0.25) is 15.9 Å². The molecule has 2 atom stereocenters. The molecule has 42 heavy (non-hydrogen) atoms. The van der Waals surface area contributed by atoms with Gasteiger partial charge in [0.25, 0.3) is 5.91 Å². The molecule has 8 nitrogen and oxygen atoms in total. The average molecular weight is 609 g/mol. The minimum absolute atomic E-state index is 0.00200. The monoisotopic (exact) mass is 608 g/mol. The topological polar surface area (TPSA) is 98.8 Å². The van der Waals surface area contributed by atoms with Crippen molar-refractivity contribution in [1.82, 2.24) is 19.8 Å².